The molecule has 1 aliphatic carbocycles. The Hall–Kier alpha value is -4.72. The third-order valence-corrected chi connectivity index (χ3v) is 7.65. The number of benzene rings is 2. The number of aromatic amines is 1. The van der Waals surface area contributed by atoms with Crippen LogP contribution in [0.1, 0.15) is 23.9 Å². The van der Waals surface area contributed by atoms with Gasteiger partial charge in [0.15, 0.2) is 34.4 Å². The fourth-order valence-corrected chi connectivity index (χ4v) is 5.85. The normalized spacial score (nSPS) is 22.0. The third kappa shape index (κ3) is 3.07. The van der Waals surface area contributed by atoms with Crippen LogP contribution in [0.5, 0.6) is 23.1 Å². The molecule has 0 amide bonds. The van der Waals surface area contributed by atoms with Gasteiger partial charge in [0.1, 0.15) is 30.1 Å². The molecule has 1 fully saturated rings. The van der Waals surface area contributed by atoms with Crippen molar-refractivity contribution in [2.45, 2.75) is 24.9 Å². The van der Waals surface area contributed by atoms with Crippen molar-refractivity contribution in [1.82, 2.24) is 24.5 Å². The number of methoxy groups -OCH3 is 1. The van der Waals surface area contributed by atoms with Gasteiger partial charge in [0.05, 0.1) is 37.4 Å². The van der Waals surface area contributed by atoms with Crippen LogP contribution >= 0.6 is 0 Å². The van der Waals surface area contributed by atoms with Gasteiger partial charge in [-0.3, -0.25) is 4.57 Å². The summed E-state index contributed by atoms with van der Waals surface area (Å²) in [5.74, 6) is 1.96. The van der Waals surface area contributed by atoms with Crippen LogP contribution in [0.15, 0.2) is 41.9 Å². The minimum absolute atomic E-state index is 0.0310. The van der Waals surface area contributed by atoms with Gasteiger partial charge in [-0.05, 0) is 17.7 Å². The van der Waals surface area contributed by atoms with E-state index in [-0.39, 0.29) is 25.7 Å². The number of ether oxygens (including phenoxy) is 4. The number of nitrogens with zero attached hydrogens (tertiary/aromatic N) is 5. The molecule has 0 radical (unpaired) electrons. The lowest BCUT2D eigenvalue weighted by atomic mass is 9.84. The average Bonchev–Trinajstić information content (AvgIpc) is 3.76. The van der Waals surface area contributed by atoms with E-state index in [4.69, 9.17) is 23.9 Å². The van der Waals surface area contributed by atoms with Gasteiger partial charge in [-0.1, -0.05) is 12.1 Å². The lowest BCUT2D eigenvalue weighted by molar-refractivity contribution is -0.0432. The number of aromatic hydroxyl groups is 1. The lowest BCUT2D eigenvalue weighted by Crippen LogP contribution is -2.24. The average molecular weight is 543 g/mol. The molecule has 8 rings (SSSR count). The summed E-state index contributed by atoms with van der Waals surface area (Å²) in [5, 5.41) is 32.0. The summed E-state index contributed by atoms with van der Waals surface area (Å²) >= 11 is 0. The first-order valence-electron chi connectivity index (χ1n) is 12.6. The lowest BCUT2D eigenvalue weighted by Gasteiger charge is -2.22. The zero-order chi connectivity index (χ0) is 27.1. The first-order valence-corrected chi connectivity index (χ1v) is 12.6. The molecular weight excluding hydrogens is 520 g/mol. The van der Waals surface area contributed by atoms with Gasteiger partial charge < -0.3 is 39.3 Å². The molecular formula is C27H22N6O7. The number of aliphatic imine (C=N–C) groups is 1. The predicted octanol–water partition coefficient (Wildman–Crippen LogP) is 2.54. The molecule has 0 spiro atoms. The number of fused-ring (bicyclic) bond motifs is 5. The number of aliphatic hydroxyl groups excluding tert-OH is 2. The van der Waals surface area contributed by atoms with Gasteiger partial charge in [0, 0.05) is 22.8 Å². The number of hydrogen-bond acceptors (Lipinski definition) is 11. The largest absolute Gasteiger partial charge is 0.496 e. The monoisotopic (exact) mass is 542 g/mol. The van der Waals surface area contributed by atoms with Crippen molar-refractivity contribution in [1.29, 1.82) is 0 Å². The van der Waals surface area contributed by atoms with Gasteiger partial charge in [-0.2, -0.15) is 0 Å². The molecule has 2 aliphatic heterocycles. The molecule has 4 N–H and O–H groups in total. The van der Waals surface area contributed by atoms with E-state index in [9.17, 15) is 15.3 Å². The molecule has 0 saturated carbocycles. The highest BCUT2D eigenvalue weighted by molar-refractivity contribution is 6.30. The number of hydrogen-bond donors (Lipinski definition) is 4. The number of rotatable bonds is 4. The van der Waals surface area contributed by atoms with Crippen molar-refractivity contribution < 1.29 is 34.3 Å². The highest BCUT2D eigenvalue weighted by Gasteiger charge is 2.37. The Labute approximate surface area is 225 Å². The fourth-order valence-electron chi connectivity index (χ4n) is 5.85. The van der Waals surface area contributed by atoms with E-state index in [0.717, 1.165) is 16.5 Å². The Morgan fingerprint density at radius 1 is 1.20 bits per heavy atom. The van der Waals surface area contributed by atoms with E-state index >= 15 is 0 Å². The van der Waals surface area contributed by atoms with Gasteiger partial charge in [-0.25, -0.2) is 19.9 Å². The second kappa shape index (κ2) is 8.39. The third-order valence-electron chi connectivity index (χ3n) is 7.65. The van der Waals surface area contributed by atoms with Crippen LogP contribution in [0.2, 0.25) is 0 Å². The van der Waals surface area contributed by atoms with Gasteiger partial charge in [0.25, 0.3) is 0 Å². The van der Waals surface area contributed by atoms with Crippen LogP contribution in [-0.4, -0.2) is 78.3 Å². The highest BCUT2D eigenvalue weighted by Crippen LogP contribution is 2.54. The van der Waals surface area contributed by atoms with E-state index < -0.39 is 18.4 Å². The second-order valence-corrected chi connectivity index (χ2v) is 9.74. The number of aromatic nitrogens is 5. The Bertz CT molecular complexity index is 1880. The Balaban J connectivity index is 1.36. The van der Waals surface area contributed by atoms with Crippen molar-refractivity contribution in [2.24, 2.45) is 4.99 Å². The summed E-state index contributed by atoms with van der Waals surface area (Å²) in [6.45, 7) is -0.212. The van der Waals surface area contributed by atoms with Crippen molar-refractivity contribution in [3.63, 3.8) is 0 Å². The van der Waals surface area contributed by atoms with Crippen molar-refractivity contribution >= 4 is 33.5 Å². The van der Waals surface area contributed by atoms with E-state index in [1.54, 1.807) is 24.1 Å². The highest BCUT2D eigenvalue weighted by atomic mass is 16.7. The molecule has 3 atom stereocenters. The summed E-state index contributed by atoms with van der Waals surface area (Å²) in [4.78, 5) is 21.4. The maximum absolute atomic E-state index is 10.9. The van der Waals surface area contributed by atoms with Crippen LogP contribution in [-0.2, 0) is 4.74 Å². The van der Waals surface area contributed by atoms with Crippen LogP contribution < -0.4 is 14.2 Å². The first kappa shape index (κ1) is 23.2. The number of nitrogens with one attached hydrogen (secondary N) is 1. The van der Waals surface area contributed by atoms with Crippen LogP contribution in [0, 0.1) is 0 Å². The molecule has 0 bridgehead atoms. The summed E-state index contributed by atoms with van der Waals surface area (Å²) in [7, 11) is 1.58. The SMILES string of the molecule is COc1cccc2c1/C(=N/c1ncnc3c1ncn3[C@H]1C[C@H](O)[C@@H](CO)O1)c1[nH]c(O)c3cc4c(c-2c13)OCO4. The zero-order valence-corrected chi connectivity index (χ0v) is 21.0. The molecule has 3 aromatic heterocycles. The van der Waals surface area contributed by atoms with E-state index in [0.29, 0.717) is 56.6 Å². The minimum Gasteiger partial charge on any atom is -0.496 e. The number of imidazole rings is 1. The fraction of sp³-hybridized carbons (Fsp3) is 0.259. The topological polar surface area (TPSA) is 169 Å². The molecule has 13 nitrogen and oxygen atoms in total. The maximum atomic E-state index is 10.9. The molecule has 3 aliphatic rings. The Morgan fingerprint density at radius 3 is 2.92 bits per heavy atom. The summed E-state index contributed by atoms with van der Waals surface area (Å²) in [6, 6.07) is 7.42. The predicted molar refractivity (Wildman–Crippen MR) is 140 cm³/mol. The Morgan fingerprint density at radius 2 is 2.10 bits per heavy atom. The molecule has 5 heterocycles. The molecule has 202 valence electrons. The second-order valence-electron chi connectivity index (χ2n) is 9.74. The summed E-state index contributed by atoms with van der Waals surface area (Å²) in [6.07, 6.45) is 1.17. The first-order chi connectivity index (χ1) is 19.6. The maximum Gasteiger partial charge on any atom is 0.231 e. The van der Waals surface area contributed by atoms with Gasteiger partial charge in [-0.15, -0.1) is 0 Å². The van der Waals surface area contributed by atoms with E-state index in [1.807, 2.05) is 18.2 Å². The Kier molecular flexibility index (Phi) is 4.86. The number of H-pyrrole nitrogens is 1. The molecule has 40 heavy (non-hydrogen) atoms. The van der Waals surface area contributed by atoms with Crippen LogP contribution in [0.25, 0.3) is 33.1 Å². The van der Waals surface area contributed by atoms with Crippen LogP contribution in [0.4, 0.5) is 5.82 Å². The summed E-state index contributed by atoms with van der Waals surface area (Å²) < 4.78 is 24.8. The molecule has 1 saturated heterocycles. The van der Waals surface area contributed by atoms with E-state index in [1.165, 1.54) is 6.33 Å². The minimum atomic E-state index is -0.806. The van der Waals surface area contributed by atoms with Gasteiger partial charge >= 0.3 is 0 Å². The van der Waals surface area contributed by atoms with Crippen LogP contribution in [0.3, 0.4) is 0 Å². The molecule has 13 heteroatoms. The smallest absolute Gasteiger partial charge is 0.231 e. The van der Waals surface area contributed by atoms with Crippen molar-refractivity contribution in [2.75, 3.05) is 20.5 Å². The standard InChI is InChI=1S/C27H22N6O7/c1-37-14-4-2-3-11-18(14)21(22-19-12(27(36)32-22)5-15-24(20(11)19)39-10-38-15)31-25-23-26(29-8-28-25)33(9-30-23)17-6-13(35)16(7-34)40-17/h2-5,8-9,13,16-17,32,34-36H,6-7,10H2,1H3/b31-21-/t13-,16+,17+/m0/s1. The molecule has 0 unspecified atom stereocenters. The number of aliphatic hydroxyl groups is 2. The van der Waals surface area contributed by atoms with Crippen molar-refractivity contribution in [3.8, 4) is 34.3 Å². The van der Waals surface area contributed by atoms with Gasteiger partial charge in [0.2, 0.25) is 6.79 Å². The van der Waals surface area contributed by atoms with Crippen molar-refractivity contribution in [3.05, 3.63) is 48.2 Å². The quantitative estimate of drug-likeness (QED) is 0.260. The zero-order valence-electron chi connectivity index (χ0n) is 21.0. The van der Waals surface area contributed by atoms with E-state index in [2.05, 4.69) is 19.9 Å². The molecule has 5 aromatic rings. The summed E-state index contributed by atoms with van der Waals surface area (Å²) in [5.41, 5.74) is 4.20. The molecule has 2 aromatic carbocycles.